The van der Waals surface area contributed by atoms with Gasteiger partial charge >= 0.3 is 0 Å². The van der Waals surface area contributed by atoms with Crippen LogP contribution < -0.4 is 5.73 Å². The molecule has 0 spiro atoms. The third kappa shape index (κ3) is 3.28. The number of benzene rings is 1. The second-order valence-electron chi connectivity index (χ2n) is 4.31. The maximum Gasteiger partial charge on any atom is 0.243 e. The third-order valence-corrected chi connectivity index (χ3v) is 5.17. The molecule has 0 aliphatic heterocycles. The van der Waals surface area contributed by atoms with Crippen LogP contribution in [0.4, 0.5) is 0 Å². The molecule has 1 aromatic carbocycles. The monoisotopic (exact) mass is 286 g/mol. The van der Waals surface area contributed by atoms with Gasteiger partial charge in [0.25, 0.3) is 0 Å². The minimum Gasteiger partial charge on any atom is -0.393 e. The lowest BCUT2D eigenvalue weighted by atomic mass is 10.2. The molecule has 0 heterocycles. The number of hydrogen-bond donors (Lipinski definition) is 1. The normalized spacial score (nSPS) is 13.6. The standard InChI is InChI=1S/C12H18N2O2S2/c1-9-6-4-5-7-11(9)18(15,16)14(3)10(2)8-12(13)17/h4-7,10H,8H2,1-3H3,(H2,13,17). The van der Waals surface area contributed by atoms with Crippen molar-refractivity contribution in [1.82, 2.24) is 4.31 Å². The summed E-state index contributed by atoms with van der Waals surface area (Å²) in [5.74, 6) is 0. The van der Waals surface area contributed by atoms with Gasteiger partial charge in [-0.05, 0) is 25.5 Å². The molecule has 0 amide bonds. The van der Waals surface area contributed by atoms with E-state index in [0.29, 0.717) is 16.3 Å². The highest BCUT2D eigenvalue weighted by molar-refractivity contribution is 7.89. The molecule has 4 nitrogen and oxygen atoms in total. The van der Waals surface area contributed by atoms with E-state index < -0.39 is 10.0 Å². The van der Waals surface area contributed by atoms with Crippen molar-refractivity contribution in [2.24, 2.45) is 5.73 Å². The van der Waals surface area contributed by atoms with Crippen molar-refractivity contribution in [2.75, 3.05) is 7.05 Å². The quantitative estimate of drug-likeness (QED) is 0.837. The van der Waals surface area contributed by atoms with Crippen LogP contribution in [0.25, 0.3) is 0 Å². The SMILES string of the molecule is Cc1ccccc1S(=O)(=O)N(C)C(C)CC(N)=S. The summed E-state index contributed by atoms with van der Waals surface area (Å²) in [5, 5.41) is 0. The van der Waals surface area contributed by atoms with Gasteiger partial charge in [-0.2, -0.15) is 4.31 Å². The Morgan fingerprint density at radius 3 is 2.50 bits per heavy atom. The van der Waals surface area contributed by atoms with Crippen LogP contribution in [0.1, 0.15) is 18.9 Å². The van der Waals surface area contributed by atoms with E-state index in [0.717, 1.165) is 5.56 Å². The Morgan fingerprint density at radius 2 is 2.00 bits per heavy atom. The molecule has 6 heteroatoms. The molecule has 1 aromatic rings. The molecule has 0 saturated heterocycles. The van der Waals surface area contributed by atoms with Crippen LogP contribution >= 0.6 is 12.2 Å². The summed E-state index contributed by atoms with van der Waals surface area (Å²) in [6, 6.07) is 6.65. The summed E-state index contributed by atoms with van der Waals surface area (Å²) < 4.78 is 26.1. The zero-order valence-electron chi connectivity index (χ0n) is 10.8. The Kier molecular flexibility index (Phi) is 4.84. The van der Waals surface area contributed by atoms with Crippen LogP contribution in [0.15, 0.2) is 29.2 Å². The van der Waals surface area contributed by atoms with Crippen molar-refractivity contribution >= 4 is 27.2 Å². The Morgan fingerprint density at radius 1 is 1.44 bits per heavy atom. The number of hydrogen-bond acceptors (Lipinski definition) is 3. The molecule has 0 saturated carbocycles. The second-order valence-corrected chi connectivity index (χ2v) is 6.80. The van der Waals surface area contributed by atoms with Gasteiger partial charge in [-0.1, -0.05) is 30.4 Å². The zero-order valence-corrected chi connectivity index (χ0v) is 12.4. The van der Waals surface area contributed by atoms with Crippen molar-refractivity contribution in [3.63, 3.8) is 0 Å². The molecule has 0 aromatic heterocycles. The van der Waals surface area contributed by atoms with Gasteiger partial charge in [0.1, 0.15) is 0 Å². The summed E-state index contributed by atoms with van der Waals surface area (Å²) in [5.41, 5.74) is 6.18. The van der Waals surface area contributed by atoms with Gasteiger partial charge in [0, 0.05) is 19.5 Å². The van der Waals surface area contributed by atoms with E-state index in [9.17, 15) is 8.42 Å². The van der Waals surface area contributed by atoms with Gasteiger partial charge in [-0.25, -0.2) is 8.42 Å². The van der Waals surface area contributed by atoms with Gasteiger partial charge in [0.2, 0.25) is 10.0 Å². The fraction of sp³-hybridized carbons (Fsp3) is 0.417. The molecular weight excluding hydrogens is 268 g/mol. The lowest BCUT2D eigenvalue weighted by Crippen LogP contribution is -2.37. The molecule has 18 heavy (non-hydrogen) atoms. The van der Waals surface area contributed by atoms with Crippen LogP contribution in [0.3, 0.4) is 0 Å². The number of nitrogens with zero attached hydrogens (tertiary/aromatic N) is 1. The van der Waals surface area contributed by atoms with Crippen molar-refractivity contribution in [2.45, 2.75) is 31.2 Å². The Labute approximate surface area is 114 Å². The zero-order chi connectivity index (χ0) is 13.9. The molecule has 0 aliphatic rings. The molecule has 1 atom stereocenters. The number of sulfonamides is 1. The molecule has 1 rings (SSSR count). The summed E-state index contributed by atoms with van der Waals surface area (Å²) in [7, 11) is -1.95. The minimum atomic E-state index is -3.50. The molecular formula is C12H18N2O2S2. The molecule has 0 aliphatic carbocycles. The first-order chi connectivity index (χ1) is 8.26. The molecule has 0 radical (unpaired) electrons. The Balaban J connectivity index is 3.08. The van der Waals surface area contributed by atoms with Crippen molar-refractivity contribution in [3.05, 3.63) is 29.8 Å². The highest BCUT2D eigenvalue weighted by atomic mass is 32.2. The average molecular weight is 286 g/mol. The summed E-state index contributed by atoms with van der Waals surface area (Å²) in [4.78, 5) is 0.636. The molecule has 0 bridgehead atoms. The van der Waals surface area contributed by atoms with Gasteiger partial charge in [0.15, 0.2) is 0 Å². The molecule has 100 valence electrons. The topological polar surface area (TPSA) is 63.4 Å². The summed E-state index contributed by atoms with van der Waals surface area (Å²) >= 11 is 4.81. The van der Waals surface area contributed by atoms with E-state index in [1.807, 2.05) is 6.07 Å². The van der Waals surface area contributed by atoms with E-state index in [2.05, 4.69) is 0 Å². The first-order valence-electron chi connectivity index (χ1n) is 5.58. The maximum atomic E-state index is 12.4. The van der Waals surface area contributed by atoms with Gasteiger partial charge in [-0.15, -0.1) is 0 Å². The molecule has 2 N–H and O–H groups in total. The Hall–Kier alpha value is -0.980. The smallest absolute Gasteiger partial charge is 0.243 e. The van der Waals surface area contributed by atoms with E-state index in [-0.39, 0.29) is 6.04 Å². The Bertz CT molecular complexity index is 541. The fourth-order valence-corrected chi connectivity index (χ4v) is 3.48. The number of aryl methyl sites for hydroxylation is 1. The van der Waals surface area contributed by atoms with Crippen LogP contribution in [-0.4, -0.2) is 30.8 Å². The molecule has 0 fully saturated rings. The van der Waals surface area contributed by atoms with Crippen LogP contribution in [-0.2, 0) is 10.0 Å². The first kappa shape index (κ1) is 15.1. The van der Waals surface area contributed by atoms with Gasteiger partial charge < -0.3 is 5.73 Å². The average Bonchev–Trinajstić information content (AvgIpc) is 2.27. The van der Waals surface area contributed by atoms with Crippen molar-refractivity contribution < 1.29 is 8.42 Å². The van der Waals surface area contributed by atoms with E-state index in [1.165, 1.54) is 4.31 Å². The minimum absolute atomic E-state index is 0.257. The first-order valence-corrected chi connectivity index (χ1v) is 7.43. The summed E-state index contributed by atoms with van der Waals surface area (Å²) in [6.07, 6.45) is 0.372. The van der Waals surface area contributed by atoms with Crippen LogP contribution in [0.2, 0.25) is 0 Å². The van der Waals surface area contributed by atoms with E-state index >= 15 is 0 Å². The lowest BCUT2D eigenvalue weighted by Gasteiger charge is -2.24. The summed E-state index contributed by atoms with van der Waals surface area (Å²) in [6.45, 7) is 3.56. The highest BCUT2D eigenvalue weighted by Gasteiger charge is 2.26. The van der Waals surface area contributed by atoms with Crippen molar-refractivity contribution in [3.8, 4) is 0 Å². The van der Waals surface area contributed by atoms with E-state index in [4.69, 9.17) is 18.0 Å². The molecule has 1 unspecified atom stereocenters. The fourth-order valence-electron chi connectivity index (χ4n) is 1.66. The second kappa shape index (κ2) is 5.77. The number of thiocarbonyl (C=S) groups is 1. The number of nitrogens with two attached hydrogens (primary N) is 1. The number of rotatable bonds is 5. The largest absolute Gasteiger partial charge is 0.393 e. The highest BCUT2D eigenvalue weighted by Crippen LogP contribution is 2.20. The van der Waals surface area contributed by atoms with Crippen LogP contribution in [0, 0.1) is 6.92 Å². The lowest BCUT2D eigenvalue weighted by molar-refractivity contribution is 0.397. The van der Waals surface area contributed by atoms with E-state index in [1.54, 1.807) is 39.1 Å². The van der Waals surface area contributed by atoms with Crippen LogP contribution in [0.5, 0.6) is 0 Å². The van der Waals surface area contributed by atoms with Crippen molar-refractivity contribution in [1.29, 1.82) is 0 Å². The maximum absolute atomic E-state index is 12.4. The third-order valence-electron chi connectivity index (χ3n) is 2.87. The predicted octanol–water partition coefficient (Wildman–Crippen LogP) is 1.68. The predicted molar refractivity (Wildman–Crippen MR) is 77.0 cm³/mol. The van der Waals surface area contributed by atoms with Gasteiger partial charge in [0.05, 0.1) is 9.88 Å². The van der Waals surface area contributed by atoms with Gasteiger partial charge in [-0.3, -0.25) is 0 Å².